The molecule has 0 heterocycles. The van der Waals surface area contributed by atoms with Gasteiger partial charge < -0.3 is 0 Å². The molecule has 0 radical (unpaired) electrons. The summed E-state index contributed by atoms with van der Waals surface area (Å²) >= 11 is 5.23. The Morgan fingerprint density at radius 1 is 1.11 bits per heavy atom. The molecule has 100 valence electrons. The van der Waals surface area contributed by atoms with Crippen molar-refractivity contribution >= 4 is 27.7 Å². The van der Waals surface area contributed by atoms with Crippen molar-refractivity contribution in [3.63, 3.8) is 0 Å². The molecule has 0 bridgehead atoms. The number of hydrogen-bond donors (Lipinski definition) is 0. The highest BCUT2D eigenvalue weighted by molar-refractivity contribution is 9.09. The number of rotatable bonds is 4. The van der Waals surface area contributed by atoms with E-state index in [1.54, 1.807) is 11.8 Å². The van der Waals surface area contributed by atoms with Gasteiger partial charge in [-0.2, -0.15) is 0 Å². The molecule has 0 spiro atoms. The third kappa shape index (κ3) is 3.80. The molecule has 0 fully saturated rings. The van der Waals surface area contributed by atoms with Gasteiger partial charge in [-0.3, -0.25) is 0 Å². The predicted molar refractivity (Wildman–Crippen MR) is 80.0 cm³/mol. The maximum Gasteiger partial charge on any atom is 0.129 e. The molecule has 0 amide bonds. The van der Waals surface area contributed by atoms with Crippen LogP contribution in [0, 0.1) is 11.6 Å². The van der Waals surface area contributed by atoms with Gasteiger partial charge in [0.1, 0.15) is 11.6 Å². The van der Waals surface area contributed by atoms with Crippen LogP contribution in [0.5, 0.6) is 0 Å². The Hall–Kier alpha value is -0.870. The second kappa shape index (κ2) is 6.53. The van der Waals surface area contributed by atoms with Crippen LogP contribution in [0.3, 0.4) is 0 Å². The SMILES string of the molecule is CSc1ccc(C(Br)Cc2ccc(F)cc2F)cc1. The normalized spacial score (nSPS) is 12.4. The van der Waals surface area contributed by atoms with Crippen LogP contribution in [0.25, 0.3) is 0 Å². The highest BCUT2D eigenvalue weighted by Gasteiger charge is 2.12. The fourth-order valence-corrected chi connectivity index (χ4v) is 2.87. The smallest absolute Gasteiger partial charge is 0.129 e. The number of benzene rings is 2. The molecule has 4 heteroatoms. The Morgan fingerprint density at radius 3 is 2.37 bits per heavy atom. The van der Waals surface area contributed by atoms with E-state index in [0.29, 0.717) is 12.0 Å². The molecule has 2 aromatic carbocycles. The standard InChI is InChI=1S/C15H13BrF2S/c1-19-13-6-3-10(4-7-13)14(16)8-11-2-5-12(17)9-15(11)18/h2-7,9,14H,8H2,1H3. The van der Waals surface area contributed by atoms with Crippen molar-refractivity contribution in [1.82, 2.24) is 0 Å². The van der Waals surface area contributed by atoms with E-state index in [9.17, 15) is 8.78 Å². The van der Waals surface area contributed by atoms with Gasteiger partial charge in [0, 0.05) is 15.8 Å². The molecule has 1 atom stereocenters. The van der Waals surface area contributed by atoms with Crippen LogP contribution < -0.4 is 0 Å². The molecule has 2 rings (SSSR count). The van der Waals surface area contributed by atoms with Crippen molar-refractivity contribution in [2.45, 2.75) is 16.1 Å². The van der Waals surface area contributed by atoms with Gasteiger partial charge in [0.25, 0.3) is 0 Å². The molecular weight excluding hydrogens is 330 g/mol. The second-order valence-corrected chi connectivity index (χ2v) is 6.17. The van der Waals surface area contributed by atoms with Gasteiger partial charge in [0.2, 0.25) is 0 Å². The van der Waals surface area contributed by atoms with Crippen LogP contribution in [0.15, 0.2) is 47.4 Å². The predicted octanol–water partition coefficient (Wildman–Crippen LogP) is 5.37. The Bertz CT molecular complexity index is 555. The molecule has 0 aromatic heterocycles. The number of halogens is 3. The summed E-state index contributed by atoms with van der Waals surface area (Å²) < 4.78 is 26.4. The van der Waals surface area contributed by atoms with Crippen LogP contribution >= 0.6 is 27.7 Å². The van der Waals surface area contributed by atoms with E-state index < -0.39 is 11.6 Å². The summed E-state index contributed by atoms with van der Waals surface area (Å²) in [6.07, 6.45) is 2.51. The fourth-order valence-electron chi connectivity index (χ4n) is 1.81. The average molecular weight is 343 g/mol. The minimum absolute atomic E-state index is 0.0170. The van der Waals surface area contributed by atoms with Gasteiger partial charge >= 0.3 is 0 Å². The first kappa shape index (κ1) is 14.5. The van der Waals surface area contributed by atoms with Crippen LogP contribution in [0.4, 0.5) is 8.78 Å². The Morgan fingerprint density at radius 2 is 1.79 bits per heavy atom. The van der Waals surface area contributed by atoms with Gasteiger partial charge in [-0.15, -0.1) is 11.8 Å². The average Bonchev–Trinajstić information content (AvgIpc) is 2.42. The Kier molecular flexibility index (Phi) is 4.99. The minimum atomic E-state index is -0.545. The first-order chi connectivity index (χ1) is 9.10. The summed E-state index contributed by atoms with van der Waals surface area (Å²) in [6.45, 7) is 0. The van der Waals surface area contributed by atoms with Gasteiger partial charge in [-0.1, -0.05) is 34.1 Å². The molecule has 0 nitrogen and oxygen atoms in total. The first-order valence-electron chi connectivity index (χ1n) is 5.82. The summed E-state index contributed by atoms with van der Waals surface area (Å²) in [4.78, 5) is 1.21. The van der Waals surface area contributed by atoms with Crippen molar-refractivity contribution in [3.05, 3.63) is 65.2 Å². The molecule has 2 aromatic rings. The highest BCUT2D eigenvalue weighted by atomic mass is 79.9. The second-order valence-electron chi connectivity index (χ2n) is 4.18. The van der Waals surface area contributed by atoms with Crippen LogP contribution in [0.2, 0.25) is 0 Å². The highest BCUT2D eigenvalue weighted by Crippen LogP contribution is 2.29. The molecule has 1 unspecified atom stereocenters. The number of alkyl halides is 1. The fraction of sp³-hybridized carbons (Fsp3) is 0.200. The molecule has 0 saturated carbocycles. The summed E-state index contributed by atoms with van der Waals surface area (Å²) in [5.74, 6) is -1.04. The third-order valence-electron chi connectivity index (χ3n) is 2.89. The van der Waals surface area contributed by atoms with Crippen molar-refractivity contribution in [3.8, 4) is 0 Å². The summed E-state index contributed by atoms with van der Waals surface area (Å²) in [6, 6.07) is 11.8. The molecule has 0 saturated heterocycles. The van der Waals surface area contributed by atoms with Crippen LogP contribution in [0.1, 0.15) is 16.0 Å². The first-order valence-corrected chi connectivity index (χ1v) is 7.96. The molecule has 0 aliphatic heterocycles. The molecule has 0 aliphatic carbocycles. The van der Waals surface area contributed by atoms with Gasteiger partial charge in [0.05, 0.1) is 0 Å². The maximum absolute atomic E-state index is 13.6. The Balaban J connectivity index is 2.13. The zero-order chi connectivity index (χ0) is 13.8. The van der Waals surface area contributed by atoms with Crippen molar-refractivity contribution in [2.75, 3.05) is 6.26 Å². The lowest BCUT2D eigenvalue weighted by Crippen LogP contribution is -1.98. The zero-order valence-electron chi connectivity index (χ0n) is 10.4. The minimum Gasteiger partial charge on any atom is -0.207 e. The quantitative estimate of drug-likeness (QED) is 0.532. The van der Waals surface area contributed by atoms with E-state index in [4.69, 9.17) is 0 Å². The van der Waals surface area contributed by atoms with Crippen molar-refractivity contribution in [2.24, 2.45) is 0 Å². The van der Waals surface area contributed by atoms with E-state index >= 15 is 0 Å². The molecule has 0 aliphatic rings. The topological polar surface area (TPSA) is 0 Å². The van der Waals surface area contributed by atoms with Gasteiger partial charge in [0.15, 0.2) is 0 Å². The van der Waals surface area contributed by atoms with E-state index in [2.05, 4.69) is 15.9 Å². The number of thioether (sulfide) groups is 1. The zero-order valence-corrected chi connectivity index (χ0v) is 12.8. The van der Waals surface area contributed by atoms with E-state index in [1.165, 1.54) is 17.0 Å². The summed E-state index contributed by atoms with van der Waals surface area (Å²) in [7, 11) is 0. The summed E-state index contributed by atoms with van der Waals surface area (Å²) in [5, 5.41) is 0. The number of hydrogen-bond acceptors (Lipinski definition) is 1. The largest absolute Gasteiger partial charge is 0.207 e. The van der Waals surface area contributed by atoms with E-state index in [-0.39, 0.29) is 4.83 Å². The molecular formula is C15H13BrF2S. The van der Waals surface area contributed by atoms with Crippen LogP contribution in [-0.4, -0.2) is 6.26 Å². The van der Waals surface area contributed by atoms with Gasteiger partial charge in [-0.25, -0.2) is 8.78 Å². The third-order valence-corrected chi connectivity index (χ3v) is 4.49. The van der Waals surface area contributed by atoms with E-state index in [0.717, 1.165) is 11.6 Å². The monoisotopic (exact) mass is 342 g/mol. The van der Waals surface area contributed by atoms with Gasteiger partial charge in [-0.05, 0) is 42.0 Å². The Labute approximate surface area is 124 Å². The molecule has 19 heavy (non-hydrogen) atoms. The lowest BCUT2D eigenvalue weighted by atomic mass is 10.0. The van der Waals surface area contributed by atoms with E-state index in [1.807, 2.05) is 30.5 Å². The maximum atomic E-state index is 13.6. The lowest BCUT2D eigenvalue weighted by Gasteiger charge is -2.11. The van der Waals surface area contributed by atoms with Crippen molar-refractivity contribution in [1.29, 1.82) is 0 Å². The van der Waals surface area contributed by atoms with Crippen molar-refractivity contribution < 1.29 is 8.78 Å². The molecule has 0 N–H and O–H groups in total. The summed E-state index contributed by atoms with van der Waals surface area (Å²) in [5.41, 5.74) is 1.60. The van der Waals surface area contributed by atoms with Crippen LogP contribution in [-0.2, 0) is 6.42 Å². The lowest BCUT2D eigenvalue weighted by molar-refractivity contribution is 0.571.